The van der Waals surface area contributed by atoms with Gasteiger partial charge in [0.15, 0.2) is 0 Å². The molecule has 0 unspecified atom stereocenters. The molecule has 0 aromatic heterocycles. The minimum atomic E-state index is -0.297. The number of hydrogen-bond donors (Lipinski definition) is 0. The van der Waals surface area contributed by atoms with Crippen molar-refractivity contribution in [3.05, 3.63) is 12.3 Å². The molecule has 0 saturated heterocycles. The molecule has 14 heavy (non-hydrogen) atoms. The highest BCUT2D eigenvalue weighted by Crippen LogP contribution is 2.06. The maximum absolute atomic E-state index is 11.4. The number of ether oxygens (including phenoxy) is 1. The van der Waals surface area contributed by atoms with Crippen LogP contribution in [0.25, 0.3) is 0 Å². The molecule has 0 aliphatic heterocycles. The molecular weight excluding hydrogens is 178 g/mol. The van der Waals surface area contributed by atoms with Gasteiger partial charge in [0.25, 0.3) is 0 Å². The monoisotopic (exact) mass is 199 g/mol. The molecule has 0 fully saturated rings. The number of nitrogens with zero attached hydrogens (tertiary/aromatic N) is 1. The van der Waals surface area contributed by atoms with Gasteiger partial charge < -0.3 is 9.64 Å². The first-order valence-electron chi connectivity index (χ1n) is 5.28. The van der Waals surface area contributed by atoms with Gasteiger partial charge in [-0.25, -0.2) is 4.79 Å². The average molecular weight is 199 g/mol. The fraction of sp³-hybridized carbons (Fsp3) is 0.727. The van der Waals surface area contributed by atoms with Gasteiger partial charge in [0.1, 0.15) is 5.70 Å². The molecule has 0 aliphatic rings. The zero-order valence-electron chi connectivity index (χ0n) is 9.51. The summed E-state index contributed by atoms with van der Waals surface area (Å²) >= 11 is 0. The predicted molar refractivity (Wildman–Crippen MR) is 57.9 cm³/mol. The van der Waals surface area contributed by atoms with E-state index in [2.05, 4.69) is 20.4 Å². The average Bonchev–Trinajstić information content (AvgIpc) is 2.17. The Kier molecular flexibility index (Phi) is 6.89. The summed E-state index contributed by atoms with van der Waals surface area (Å²) in [5.41, 5.74) is 0.482. The lowest BCUT2D eigenvalue weighted by atomic mass is 10.3. The van der Waals surface area contributed by atoms with E-state index in [4.69, 9.17) is 4.74 Å². The molecule has 0 amide bonds. The van der Waals surface area contributed by atoms with Gasteiger partial charge in [-0.1, -0.05) is 20.4 Å². The lowest BCUT2D eigenvalue weighted by molar-refractivity contribution is -0.140. The third-order valence-corrected chi connectivity index (χ3v) is 1.88. The van der Waals surface area contributed by atoms with E-state index in [0.29, 0.717) is 12.3 Å². The summed E-state index contributed by atoms with van der Waals surface area (Å²) in [4.78, 5) is 13.4. The first kappa shape index (κ1) is 13.0. The maximum Gasteiger partial charge on any atom is 0.353 e. The van der Waals surface area contributed by atoms with Crippen LogP contribution in [-0.4, -0.2) is 30.6 Å². The number of hydrogen-bond acceptors (Lipinski definition) is 3. The summed E-state index contributed by atoms with van der Waals surface area (Å²) in [6.07, 6.45) is 2.02. The molecule has 0 heterocycles. The highest BCUT2D eigenvalue weighted by Gasteiger charge is 2.14. The Bertz CT molecular complexity index is 184. The summed E-state index contributed by atoms with van der Waals surface area (Å²) in [7, 11) is 0. The topological polar surface area (TPSA) is 29.5 Å². The molecule has 0 spiro atoms. The standard InChI is InChI=1S/C11H21NO2/c1-5-8-12(9-6-2)10(4)11(13)14-7-3/h4-9H2,1-3H3. The van der Waals surface area contributed by atoms with Gasteiger partial charge >= 0.3 is 5.97 Å². The summed E-state index contributed by atoms with van der Waals surface area (Å²) in [5, 5.41) is 0. The first-order valence-corrected chi connectivity index (χ1v) is 5.28. The van der Waals surface area contributed by atoms with Crippen LogP contribution in [0, 0.1) is 0 Å². The van der Waals surface area contributed by atoms with Gasteiger partial charge in [-0.05, 0) is 19.8 Å². The van der Waals surface area contributed by atoms with Crippen LogP contribution in [-0.2, 0) is 9.53 Å². The van der Waals surface area contributed by atoms with Crippen molar-refractivity contribution in [3.8, 4) is 0 Å². The van der Waals surface area contributed by atoms with Gasteiger partial charge in [-0.3, -0.25) is 0 Å². The minimum absolute atomic E-state index is 0.297. The van der Waals surface area contributed by atoms with Crippen LogP contribution < -0.4 is 0 Å². The molecule has 82 valence electrons. The number of rotatable bonds is 7. The van der Waals surface area contributed by atoms with Crippen molar-refractivity contribution in [1.82, 2.24) is 4.90 Å². The van der Waals surface area contributed by atoms with E-state index >= 15 is 0 Å². The number of carbonyl (C=O) groups excluding carboxylic acids is 1. The quantitative estimate of drug-likeness (QED) is 0.465. The van der Waals surface area contributed by atoms with Crippen molar-refractivity contribution >= 4 is 5.97 Å². The molecule has 0 saturated carbocycles. The Morgan fingerprint density at radius 3 is 2.07 bits per heavy atom. The summed E-state index contributed by atoms with van der Waals surface area (Å²) in [6, 6.07) is 0. The minimum Gasteiger partial charge on any atom is -0.461 e. The fourth-order valence-corrected chi connectivity index (χ4v) is 1.27. The number of esters is 1. The van der Waals surface area contributed by atoms with E-state index in [1.54, 1.807) is 6.92 Å². The molecule has 3 nitrogen and oxygen atoms in total. The van der Waals surface area contributed by atoms with E-state index in [1.807, 2.05) is 4.90 Å². The molecule has 0 aromatic rings. The van der Waals surface area contributed by atoms with Gasteiger partial charge in [0.05, 0.1) is 6.61 Å². The van der Waals surface area contributed by atoms with Gasteiger partial charge in [-0.15, -0.1) is 0 Å². The molecular formula is C11H21NO2. The van der Waals surface area contributed by atoms with Crippen LogP contribution in [0.3, 0.4) is 0 Å². The van der Waals surface area contributed by atoms with Crippen molar-refractivity contribution in [1.29, 1.82) is 0 Å². The van der Waals surface area contributed by atoms with Gasteiger partial charge in [-0.2, -0.15) is 0 Å². The van der Waals surface area contributed by atoms with Crippen LogP contribution >= 0.6 is 0 Å². The van der Waals surface area contributed by atoms with E-state index in [0.717, 1.165) is 25.9 Å². The largest absolute Gasteiger partial charge is 0.461 e. The van der Waals surface area contributed by atoms with E-state index < -0.39 is 0 Å². The van der Waals surface area contributed by atoms with Crippen LogP contribution in [0.5, 0.6) is 0 Å². The van der Waals surface area contributed by atoms with E-state index in [9.17, 15) is 4.79 Å². The van der Waals surface area contributed by atoms with Crippen molar-refractivity contribution in [3.63, 3.8) is 0 Å². The summed E-state index contributed by atoms with van der Waals surface area (Å²) in [6.45, 7) is 11.9. The van der Waals surface area contributed by atoms with Crippen molar-refractivity contribution in [2.45, 2.75) is 33.6 Å². The Hall–Kier alpha value is -0.990. The smallest absolute Gasteiger partial charge is 0.353 e. The second kappa shape index (κ2) is 7.42. The Labute approximate surface area is 86.7 Å². The number of carbonyl (C=O) groups is 1. The lowest BCUT2D eigenvalue weighted by Gasteiger charge is -2.24. The van der Waals surface area contributed by atoms with Gasteiger partial charge in [0, 0.05) is 13.1 Å². The zero-order valence-corrected chi connectivity index (χ0v) is 9.51. The summed E-state index contributed by atoms with van der Waals surface area (Å²) < 4.78 is 4.90. The fourth-order valence-electron chi connectivity index (χ4n) is 1.27. The lowest BCUT2D eigenvalue weighted by Crippen LogP contribution is -2.29. The molecule has 0 radical (unpaired) electrons. The third-order valence-electron chi connectivity index (χ3n) is 1.88. The van der Waals surface area contributed by atoms with Crippen molar-refractivity contribution < 1.29 is 9.53 Å². The molecule has 0 rings (SSSR count). The van der Waals surface area contributed by atoms with Gasteiger partial charge in [0.2, 0.25) is 0 Å². The van der Waals surface area contributed by atoms with E-state index in [-0.39, 0.29) is 5.97 Å². The molecule has 0 aromatic carbocycles. The van der Waals surface area contributed by atoms with Crippen LogP contribution in [0.1, 0.15) is 33.6 Å². The normalized spacial score (nSPS) is 9.64. The molecule has 0 atom stereocenters. The Balaban J connectivity index is 4.19. The van der Waals surface area contributed by atoms with Crippen LogP contribution in [0.4, 0.5) is 0 Å². The molecule has 0 aliphatic carbocycles. The second-order valence-electron chi connectivity index (χ2n) is 3.15. The highest BCUT2D eigenvalue weighted by atomic mass is 16.5. The van der Waals surface area contributed by atoms with Crippen LogP contribution in [0.15, 0.2) is 12.3 Å². The zero-order chi connectivity index (χ0) is 11.0. The first-order chi connectivity index (χ1) is 6.67. The summed E-state index contributed by atoms with van der Waals surface area (Å²) in [5.74, 6) is -0.297. The van der Waals surface area contributed by atoms with Crippen molar-refractivity contribution in [2.24, 2.45) is 0 Å². The van der Waals surface area contributed by atoms with Crippen LogP contribution in [0.2, 0.25) is 0 Å². The molecule has 0 N–H and O–H groups in total. The molecule has 3 heteroatoms. The Morgan fingerprint density at radius 1 is 1.21 bits per heavy atom. The third kappa shape index (κ3) is 4.30. The highest BCUT2D eigenvalue weighted by molar-refractivity contribution is 5.87. The maximum atomic E-state index is 11.4. The predicted octanol–water partition coefficient (Wildman–Crippen LogP) is 2.19. The van der Waals surface area contributed by atoms with Crippen molar-refractivity contribution in [2.75, 3.05) is 19.7 Å². The molecule has 0 bridgehead atoms. The SMILES string of the molecule is C=C(C(=O)OCC)N(CCC)CCC. The second-order valence-corrected chi connectivity index (χ2v) is 3.15. The van der Waals surface area contributed by atoms with E-state index in [1.165, 1.54) is 0 Å². The Morgan fingerprint density at radius 2 is 1.71 bits per heavy atom.